The summed E-state index contributed by atoms with van der Waals surface area (Å²) in [5.41, 5.74) is 1.59. The van der Waals surface area contributed by atoms with Gasteiger partial charge in [0, 0.05) is 17.3 Å². The van der Waals surface area contributed by atoms with Crippen LogP contribution in [-0.4, -0.2) is 24.4 Å². The molecule has 0 heterocycles. The number of anilines is 1. The summed E-state index contributed by atoms with van der Waals surface area (Å²) >= 11 is 0. The van der Waals surface area contributed by atoms with E-state index < -0.39 is 6.10 Å². The van der Waals surface area contributed by atoms with E-state index in [0.717, 1.165) is 0 Å². The molecule has 1 N–H and O–H groups in total. The molecule has 0 aliphatic heterocycles. The summed E-state index contributed by atoms with van der Waals surface area (Å²) in [6.45, 7) is 5.34. The Hall–Kier alpha value is -3.33. The Morgan fingerprint density at radius 3 is 2.42 bits per heavy atom. The second-order valence-electron chi connectivity index (χ2n) is 5.59. The third-order valence-electron chi connectivity index (χ3n) is 3.60. The molecule has 0 bridgehead atoms. The molecule has 0 saturated heterocycles. The SMILES string of the molecule is CCOc1cc(C#N)ccc1O[C@H](C)C(=O)Nc1ccc(C(C)=O)cc1. The number of ketones is 1. The topological polar surface area (TPSA) is 88.4 Å². The Bertz CT molecular complexity index is 838. The van der Waals surface area contributed by atoms with Gasteiger partial charge < -0.3 is 14.8 Å². The first-order chi connectivity index (χ1) is 12.4. The maximum absolute atomic E-state index is 12.3. The Morgan fingerprint density at radius 1 is 1.15 bits per heavy atom. The number of hydrogen-bond acceptors (Lipinski definition) is 5. The van der Waals surface area contributed by atoms with Crippen molar-refractivity contribution >= 4 is 17.4 Å². The Labute approximate surface area is 152 Å². The second-order valence-corrected chi connectivity index (χ2v) is 5.59. The predicted octanol–water partition coefficient (Wildman–Crippen LogP) is 3.57. The summed E-state index contributed by atoms with van der Waals surface area (Å²) in [5, 5.41) is 11.7. The number of Topliss-reactive ketones (excluding diaryl/α,β-unsaturated/α-hetero) is 1. The van der Waals surface area contributed by atoms with Crippen molar-refractivity contribution in [3.8, 4) is 17.6 Å². The van der Waals surface area contributed by atoms with Gasteiger partial charge in [-0.1, -0.05) is 0 Å². The minimum atomic E-state index is -0.783. The molecular weight excluding hydrogens is 332 g/mol. The number of rotatable bonds is 7. The van der Waals surface area contributed by atoms with Crippen molar-refractivity contribution in [2.75, 3.05) is 11.9 Å². The number of nitrogens with zero attached hydrogens (tertiary/aromatic N) is 1. The fraction of sp³-hybridized carbons (Fsp3) is 0.250. The number of carbonyl (C=O) groups is 2. The second kappa shape index (κ2) is 8.67. The standard InChI is InChI=1S/C20H20N2O4/c1-4-25-19-11-15(12-21)5-10-18(19)26-14(3)20(24)22-17-8-6-16(7-9-17)13(2)23/h5-11,14H,4H2,1-3H3,(H,22,24)/t14-/m1/s1. The van der Waals surface area contributed by atoms with Gasteiger partial charge in [-0.05, 0) is 57.2 Å². The predicted molar refractivity (Wildman–Crippen MR) is 97.5 cm³/mol. The monoisotopic (exact) mass is 352 g/mol. The molecule has 0 unspecified atom stereocenters. The Balaban J connectivity index is 2.07. The fourth-order valence-corrected chi connectivity index (χ4v) is 2.22. The van der Waals surface area contributed by atoms with Gasteiger partial charge in [0.05, 0.1) is 18.2 Å². The maximum Gasteiger partial charge on any atom is 0.265 e. The van der Waals surface area contributed by atoms with Crippen LogP contribution in [0.15, 0.2) is 42.5 Å². The summed E-state index contributed by atoms with van der Waals surface area (Å²) in [7, 11) is 0. The zero-order valence-corrected chi connectivity index (χ0v) is 14.9. The van der Waals surface area contributed by atoms with Crippen LogP contribution in [0.4, 0.5) is 5.69 Å². The summed E-state index contributed by atoms with van der Waals surface area (Å²) in [4.78, 5) is 23.6. The molecule has 1 atom stereocenters. The van der Waals surface area contributed by atoms with E-state index in [2.05, 4.69) is 5.32 Å². The largest absolute Gasteiger partial charge is 0.490 e. The lowest BCUT2D eigenvalue weighted by atomic mass is 10.1. The van der Waals surface area contributed by atoms with Crippen LogP contribution in [0.1, 0.15) is 36.7 Å². The molecule has 6 nitrogen and oxygen atoms in total. The van der Waals surface area contributed by atoms with Crippen molar-refractivity contribution in [3.05, 3.63) is 53.6 Å². The molecule has 0 aliphatic rings. The highest BCUT2D eigenvalue weighted by atomic mass is 16.5. The average molecular weight is 352 g/mol. The van der Waals surface area contributed by atoms with E-state index in [-0.39, 0.29) is 11.7 Å². The Morgan fingerprint density at radius 2 is 1.85 bits per heavy atom. The zero-order valence-electron chi connectivity index (χ0n) is 14.9. The zero-order chi connectivity index (χ0) is 19.1. The lowest BCUT2D eigenvalue weighted by Gasteiger charge is -2.17. The number of nitrogens with one attached hydrogen (secondary N) is 1. The quantitative estimate of drug-likeness (QED) is 0.770. The van der Waals surface area contributed by atoms with Crippen molar-refractivity contribution in [1.29, 1.82) is 5.26 Å². The molecule has 0 aliphatic carbocycles. The molecule has 0 fully saturated rings. The summed E-state index contributed by atoms with van der Waals surface area (Å²) in [6.07, 6.45) is -0.783. The molecule has 0 saturated carbocycles. The van der Waals surface area contributed by atoms with E-state index in [1.807, 2.05) is 13.0 Å². The molecule has 2 rings (SSSR count). The Kier molecular flexibility index (Phi) is 6.34. The van der Waals surface area contributed by atoms with E-state index in [0.29, 0.717) is 34.9 Å². The molecule has 26 heavy (non-hydrogen) atoms. The van der Waals surface area contributed by atoms with Gasteiger partial charge in [0.1, 0.15) is 0 Å². The first kappa shape index (κ1) is 19.0. The summed E-state index contributed by atoms with van der Waals surface area (Å²) in [5.74, 6) is 0.425. The lowest BCUT2D eigenvalue weighted by molar-refractivity contribution is -0.122. The van der Waals surface area contributed by atoms with Crippen molar-refractivity contribution in [2.45, 2.75) is 26.9 Å². The smallest absolute Gasteiger partial charge is 0.265 e. The fourth-order valence-electron chi connectivity index (χ4n) is 2.22. The minimum absolute atomic E-state index is 0.0381. The van der Waals surface area contributed by atoms with Gasteiger partial charge in [0.2, 0.25) is 0 Å². The van der Waals surface area contributed by atoms with E-state index in [4.69, 9.17) is 14.7 Å². The van der Waals surface area contributed by atoms with Crippen LogP contribution in [0, 0.1) is 11.3 Å². The molecular formula is C20H20N2O4. The van der Waals surface area contributed by atoms with Crippen molar-refractivity contribution < 1.29 is 19.1 Å². The van der Waals surface area contributed by atoms with Gasteiger partial charge >= 0.3 is 0 Å². The molecule has 0 aromatic heterocycles. The van der Waals surface area contributed by atoms with Gasteiger partial charge in [0.15, 0.2) is 23.4 Å². The molecule has 0 radical (unpaired) electrons. The number of hydrogen-bond donors (Lipinski definition) is 1. The van der Waals surface area contributed by atoms with Gasteiger partial charge in [0.25, 0.3) is 5.91 Å². The highest BCUT2D eigenvalue weighted by molar-refractivity contribution is 5.96. The van der Waals surface area contributed by atoms with Crippen molar-refractivity contribution in [3.63, 3.8) is 0 Å². The van der Waals surface area contributed by atoms with Crippen LogP contribution in [-0.2, 0) is 4.79 Å². The lowest BCUT2D eigenvalue weighted by Crippen LogP contribution is -2.30. The van der Waals surface area contributed by atoms with Crippen molar-refractivity contribution in [2.24, 2.45) is 0 Å². The molecule has 134 valence electrons. The molecule has 6 heteroatoms. The van der Waals surface area contributed by atoms with E-state index in [9.17, 15) is 9.59 Å². The number of carbonyl (C=O) groups excluding carboxylic acids is 2. The van der Waals surface area contributed by atoms with Gasteiger partial charge in [-0.25, -0.2) is 0 Å². The highest BCUT2D eigenvalue weighted by Crippen LogP contribution is 2.29. The van der Waals surface area contributed by atoms with Gasteiger partial charge in [-0.15, -0.1) is 0 Å². The minimum Gasteiger partial charge on any atom is -0.490 e. The van der Waals surface area contributed by atoms with Crippen LogP contribution in [0.25, 0.3) is 0 Å². The van der Waals surface area contributed by atoms with E-state index in [1.54, 1.807) is 49.4 Å². The summed E-state index contributed by atoms with van der Waals surface area (Å²) < 4.78 is 11.2. The van der Waals surface area contributed by atoms with Crippen LogP contribution in [0.5, 0.6) is 11.5 Å². The average Bonchev–Trinajstić information content (AvgIpc) is 2.63. The third-order valence-corrected chi connectivity index (χ3v) is 3.60. The molecule has 0 spiro atoms. The van der Waals surface area contributed by atoms with E-state index in [1.165, 1.54) is 6.92 Å². The number of nitriles is 1. The van der Waals surface area contributed by atoms with Gasteiger partial charge in [-0.3, -0.25) is 9.59 Å². The third kappa shape index (κ3) is 4.84. The normalized spacial score (nSPS) is 11.2. The summed E-state index contributed by atoms with van der Waals surface area (Å²) in [6, 6.07) is 13.4. The van der Waals surface area contributed by atoms with Crippen LogP contribution >= 0.6 is 0 Å². The van der Waals surface area contributed by atoms with Crippen LogP contribution < -0.4 is 14.8 Å². The number of benzene rings is 2. The number of amides is 1. The van der Waals surface area contributed by atoms with Gasteiger partial charge in [-0.2, -0.15) is 5.26 Å². The van der Waals surface area contributed by atoms with Crippen molar-refractivity contribution in [1.82, 2.24) is 0 Å². The molecule has 2 aromatic carbocycles. The van der Waals surface area contributed by atoms with Crippen LogP contribution in [0.2, 0.25) is 0 Å². The maximum atomic E-state index is 12.3. The highest BCUT2D eigenvalue weighted by Gasteiger charge is 2.17. The first-order valence-corrected chi connectivity index (χ1v) is 8.20. The first-order valence-electron chi connectivity index (χ1n) is 8.20. The molecule has 2 aromatic rings. The van der Waals surface area contributed by atoms with Crippen LogP contribution in [0.3, 0.4) is 0 Å². The number of ether oxygens (including phenoxy) is 2. The van der Waals surface area contributed by atoms with E-state index >= 15 is 0 Å². The molecule has 1 amide bonds.